The zero-order chi connectivity index (χ0) is 12.8. The molecule has 0 fully saturated rings. The van der Waals surface area contributed by atoms with E-state index in [-0.39, 0.29) is 0 Å². The van der Waals surface area contributed by atoms with Crippen LogP contribution < -0.4 is 10.1 Å². The number of methoxy groups -OCH3 is 1. The zero-order valence-corrected chi connectivity index (χ0v) is 11.5. The third-order valence-corrected chi connectivity index (χ3v) is 3.65. The number of aromatic nitrogens is 2. The minimum Gasteiger partial charge on any atom is -0.497 e. The van der Waals surface area contributed by atoms with E-state index in [4.69, 9.17) is 4.74 Å². The molecule has 18 heavy (non-hydrogen) atoms. The lowest BCUT2D eigenvalue weighted by Crippen LogP contribution is -2.08. The summed E-state index contributed by atoms with van der Waals surface area (Å²) in [4.78, 5) is 0. The minimum atomic E-state index is 0.859. The van der Waals surface area contributed by atoms with Crippen molar-refractivity contribution >= 4 is 11.3 Å². The Morgan fingerprint density at radius 1 is 1.22 bits per heavy atom. The van der Waals surface area contributed by atoms with Crippen molar-refractivity contribution < 1.29 is 4.74 Å². The van der Waals surface area contributed by atoms with Crippen molar-refractivity contribution in [2.75, 3.05) is 20.7 Å². The van der Waals surface area contributed by atoms with Gasteiger partial charge in [-0.05, 0) is 44.3 Å². The molecule has 0 saturated heterocycles. The van der Waals surface area contributed by atoms with Crippen LogP contribution in [-0.2, 0) is 6.42 Å². The summed E-state index contributed by atoms with van der Waals surface area (Å²) in [5.41, 5.74) is 1.09. The zero-order valence-electron chi connectivity index (χ0n) is 10.6. The molecule has 1 heterocycles. The molecule has 5 heteroatoms. The van der Waals surface area contributed by atoms with Crippen molar-refractivity contribution in [3.63, 3.8) is 0 Å². The summed E-state index contributed by atoms with van der Waals surface area (Å²) >= 11 is 1.66. The SMILES string of the molecule is CNCCCc1nnc(-c2ccc(OC)cc2)s1. The van der Waals surface area contributed by atoms with E-state index in [2.05, 4.69) is 15.5 Å². The maximum Gasteiger partial charge on any atom is 0.147 e. The molecule has 1 N–H and O–H groups in total. The summed E-state index contributed by atoms with van der Waals surface area (Å²) in [5, 5.41) is 13.6. The van der Waals surface area contributed by atoms with Crippen LogP contribution in [0.3, 0.4) is 0 Å². The summed E-state index contributed by atoms with van der Waals surface area (Å²) in [5.74, 6) is 0.859. The second kappa shape index (κ2) is 6.47. The van der Waals surface area contributed by atoms with Crippen LogP contribution in [0.4, 0.5) is 0 Å². The Morgan fingerprint density at radius 2 is 2.00 bits per heavy atom. The first-order valence-electron chi connectivity index (χ1n) is 5.95. The number of hydrogen-bond donors (Lipinski definition) is 1. The number of ether oxygens (including phenoxy) is 1. The lowest BCUT2D eigenvalue weighted by Gasteiger charge is -1.99. The maximum absolute atomic E-state index is 5.14. The van der Waals surface area contributed by atoms with E-state index in [1.54, 1.807) is 18.4 Å². The van der Waals surface area contributed by atoms with Gasteiger partial charge in [0.05, 0.1) is 7.11 Å². The van der Waals surface area contributed by atoms with Crippen LogP contribution in [-0.4, -0.2) is 30.9 Å². The van der Waals surface area contributed by atoms with E-state index in [9.17, 15) is 0 Å². The highest BCUT2D eigenvalue weighted by Gasteiger charge is 2.06. The topological polar surface area (TPSA) is 47.0 Å². The average molecular weight is 263 g/mol. The van der Waals surface area contributed by atoms with Gasteiger partial charge in [0.2, 0.25) is 0 Å². The van der Waals surface area contributed by atoms with Crippen molar-refractivity contribution in [2.24, 2.45) is 0 Å². The van der Waals surface area contributed by atoms with Gasteiger partial charge in [-0.25, -0.2) is 0 Å². The maximum atomic E-state index is 5.14. The number of rotatable bonds is 6. The first-order chi connectivity index (χ1) is 8.83. The molecule has 0 amide bonds. The van der Waals surface area contributed by atoms with Crippen LogP contribution in [0, 0.1) is 0 Å². The third kappa shape index (κ3) is 3.27. The second-order valence-corrected chi connectivity index (χ2v) is 5.00. The van der Waals surface area contributed by atoms with Crippen molar-refractivity contribution in [3.8, 4) is 16.3 Å². The molecule has 0 aliphatic rings. The first-order valence-corrected chi connectivity index (χ1v) is 6.76. The van der Waals surface area contributed by atoms with Crippen molar-refractivity contribution in [3.05, 3.63) is 29.3 Å². The molecule has 4 nitrogen and oxygen atoms in total. The summed E-state index contributed by atoms with van der Waals surface area (Å²) in [6.07, 6.45) is 2.07. The fourth-order valence-corrected chi connectivity index (χ4v) is 2.51. The number of nitrogens with one attached hydrogen (secondary N) is 1. The normalized spacial score (nSPS) is 10.6. The number of benzene rings is 1. The Balaban J connectivity index is 2.04. The van der Waals surface area contributed by atoms with E-state index in [1.807, 2.05) is 31.3 Å². The van der Waals surface area contributed by atoms with E-state index < -0.39 is 0 Å². The molecule has 0 saturated carbocycles. The van der Waals surface area contributed by atoms with Gasteiger partial charge in [-0.3, -0.25) is 0 Å². The van der Waals surface area contributed by atoms with Gasteiger partial charge in [-0.15, -0.1) is 10.2 Å². The van der Waals surface area contributed by atoms with Crippen LogP contribution in [0.5, 0.6) is 5.75 Å². The predicted octanol–water partition coefficient (Wildman–Crippen LogP) is 2.37. The third-order valence-electron chi connectivity index (χ3n) is 2.62. The fraction of sp³-hybridized carbons (Fsp3) is 0.385. The fourth-order valence-electron chi connectivity index (χ4n) is 1.62. The quantitative estimate of drug-likeness (QED) is 0.813. The molecule has 0 atom stereocenters. The Morgan fingerprint density at radius 3 is 2.67 bits per heavy atom. The van der Waals surface area contributed by atoms with Gasteiger partial charge in [0.25, 0.3) is 0 Å². The van der Waals surface area contributed by atoms with Crippen molar-refractivity contribution in [1.82, 2.24) is 15.5 Å². The van der Waals surface area contributed by atoms with Crippen LogP contribution in [0.2, 0.25) is 0 Å². The lowest BCUT2D eigenvalue weighted by molar-refractivity contribution is 0.415. The predicted molar refractivity (Wildman–Crippen MR) is 74.1 cm³/mol. The number of nitrogens with zero attached hydrogens (tertiary/aromatic N) is 2. The largest absolute Gasteiger partial charge is 0.497 e. The molecule has 2 aromatic rings. The summed E-state index contributed by atoms with van der Waals surface area (Å²) < 4.78 is 5.14. The standard InChI is InChI=1S/C13H17N3OS/c1-14-9-3-4-12-15-16-13(18-12)10-5-7-11(17-2)8-6-10/h5-8,14H,3-4,9H2,1-2H3. The van der Waals surface area contributed by atoms with E-state index >= 15 is 0 Å². The van der Waals surface area contributed by atoms with Crippen LogP contribution in [0.25, 0.3) is 10.6 Å². The van der Waals surface area contributed by atoms with Gasteiger partial charge in [-0.1, -0.05) is 11.3 Å². The molecule has 0 bridgehead atoms. The number of aryl methyl sites for hydroxylation is 1. The van der Waals surface area contributed by atoms with E-state index in [0.717, 1.165) is 40.7 Å². The minimum absolute atomic E-state index is 0.859. The van der Waals surface area contributed by atoms with Gasteiger partial charge < -0.3 is 10.1 Å². The van der Waals surface area contributed by atoms with Crippen LogP contribution in [0.1, 0.15) is 11.4 Å². The second-order valence-electron chi connectivity index (χ2n) is 3.94. The molecular formula is C13H17N3OS. The molecule has 0 spiro atoms. The van der Waals surface area contributed by atoms with Gasteiger partial charge >= 0.3 is 0 Å². The van der Waals surface area contributed by atoms with Gasteiger partial charge in [0, 0.05) is 12.0 Å². The first kappa shape index (κ1) is 13.0. The molecular weight excluding hydrogens is 246 g/mol. The van der Waals surface area contributed by atoms with Crippen molar-refractivity contribution in [2.45, 2.75) is 12.8 Å². The molecule has 0 unspecified atom stereocenters. The molecule has 1 aromatic carbocycles. The van der Waals surface area contributed by atoms with Gasteiger partial charge in [-0.2, -0.15) is 0 Å². The Labute approximate surface area is 111 Å². The van der Waals surface area contributed by atoms with Gasteiger partial charge in [0.15, 0.2) is 0 Å². The average Bonchev–Trinajstić information content (AvgIpc) is 2.88. The number of hydrogen-bond acceptors (Lipinski definition) is 5. The van der Waals surface area contributed by atoms with E-state index in [1.165, 1.54) is 0 Å². The summed E-state index contributed by atoms with van der Waals surface area (Å²) in [6.45, 7) is 1.01. The van der Waals surface area contributed by atoms with Gasteiger partial charge in [0.1, 0.15) is 15.8 Å². The highest BCUT2D eigenvalue weighted by Crippen LogP contribution is 2.25. The van der Waals surface area contributed by atoms with Crippen LogP contribution in [0.15, 0.2) is 24.3 Å². The van der Waals surface area contributed by atoms with Crippen LogP contribution >= 0.6 is 11.3 Å². The monoisotopic (exact) mass is 263 g/mol. The lowest BCUT2D eigenvalue weighted by atomic mass is 10.2. The molecule has 0 aliphatic carbocycles. The van der Waals surface area contributed by atoms with E-state index in [0.29, 0.717) is 0 Å². The Kier molecular flexibility index (Phi) is 4.66. The van der Waals surface area contributed by atoms with Crippen molar-refractivity contribution in [1.29, 1.82) is 0 Å². The molecule has 0 radical (unpaired) electrons. The summed E-state index contributed by atoms with van der Waals surface area (Å²) in [6, 6.07) is 7.91. The molecule has 96 valence electrons. The Hall–Kier alpha value is -1.46. The molecule has 2 rings (SSSR count). The molecule has 0 aliphatic heterocycles. The smallest absolute Gasteiger partial charge is 0.147 e. The molecule has 1 aromatic heterocycles. The highest BCUT2D eigenvalue weighted by atomic mass is 32.1. The summed E-state index contributed by atoms with van der Waals surface area (Å²) in [7, 11) is 3.63. The Bertz CT molecular complexity index is 481. The highest BCUT2D eigenvalue weighted by molar-refractivity contribution is 7.14.